The van der Waals surface area contributed by atoms with Crippen LogP contribution in [0.15, 0.2) is 60.7 Å². The molecule has 7 heteroatoms. The second-order valence-electron chi connectivity index (χ2n) is 7.48. The Balaban J connectivity index is 1.61. The van der Waals surface area contributed by atoms with Crippen molar-refractivity contribution >= 4 is 58.2 Å². The van der Waals surface area contributed by atoms with Crippen LogP contribution in [-0.4, -0.2) is 17.6 Å². The second-order valence-corrected chi connectivity index (χ2v) is 9.39. The van der Waals surface area contributed by atoms with Crippen molar-refractivity contribution < 1.29 is 9.59 Å². The van der Waals surface area contributed by atoms with E-state index in [4.69, 9.17) is 23.2 Å². The summed E-state index contributed by atoms with van der Waals surface area (Å²) in [4.78, 5) is 27.2. The van der Waals surface area contributed by atoms with E-state index in [9.17, 15) is 9.59 Å². The minimum absolute atomic E-state index is 0.0717. The zero-order chi connectivity index (χ0) is 22.1. The Morgan fingerprint density at radius 3 is 2.48 bits per heavy atom. The first-order chi connectivity index (χ1) is 14.8. The molecule has 0 saturated carbocycles. The van der Waals surface area contributed by atoms with Gasteiger partial charge in [0.25, 0.3) is 5.91 Å². The number of thioether (sulfide) groups is 1. The summed E-state index contributed by atoms with van der Waals surface area (Å²) < 4.78 is 0. The lowest BCUT2D eigenvalue weighted by molar-refractivity contribution is -0.115. The van der Waals surface area contributed by atoms with Gasteiger partial charge >= 0.3 is 0 Å². The summed E-state index contributed by atoms with van der Waals surface area (Å²) in [5.74, 6) is 0.164. The molecule has 1 N–H and O–H groups in total. The molecule has 0 bridgehead atoms. The number of halogens is 2. The monoisotopic (exact) mass is 470 g/mol. The number of carbonyl (C=O) groups is 2. The van der Waals surface area contributed by atoms with E-state index in [-0.39, 0.29) is 17.2 Å². The summed E-state index contributed by atoms with van der Waals surface area (Å²) in [5, 5.41) is 3.49. The van der Waals surface area contributed by atoms with Gasteiger partial charge in [0, 0.05) is 16.4 Å². The number of nitrogens with one attached hydrogen (secondary N) is 1. The molecule has 1 fully saturated rings. The number of hydrogen-bond donors (Lipinski definition) is 1. The summed E-state index contributed by atoms with van der Waals surface area (Å²) in [7, 11) is 0. The van der Waals surface area contributed by atoms with Crippen molar-refractivity contribution in [3.8, 4) is 0 Å². The maximum Gasteiger partial charge on any atom is 0.257 e. The number of hydrogen-bond acceptors (Lipinski definition) is 3. The normalized spacial score (nSPS) is 15.9. The van der Waals surface area contributed by atoms with Gasteiger partial charge in [-0.25, -0.2) is 0 Å². The van der Waals surface area contributed by atoms with Gasteiger partial charge in [0.1, 0.15) is 5.37 Å². The first-order valence-electron chi connectivity index (χ1n) is 9.70. The summed E-state index contributed by atoms with van der Waals surface area (Å²) in [6.45, 7) is 4.05. The number of rotatable bonds is 4. The molecule has 0 aliphatic carbocycles. The van der Waals surface area contributed by atoms with Crippen molar-refractivity contribution in [2.24, 2.45) is 0 Å². The minimum Gasteiger partial charge on any atom is -0.322 e. The Morgan fingerprint density at radius 2 is 1.77 bits per heavy atom. The predicted molar refractivity (Wildman–Crippen MR) is 129 cm³/mol. The van der Waals surface area contributed by atoms with Gasteiger partial charge in [-0.3, -0.25) is 14.5 Å². The Hall–Kier alpha value is -2.47. The molecule has 0 unspecified atom stereocenters. The lowest BCUT2D eigenvalue weighted by Crippen LogP contribution is -2.28. The summed E-state index contributed by atoms with van der Waals surface area (Å²) >= 11 is 13.7. The van der Waals surface area contributed by atoms with Crippen LogP contribution in [0.3, 0.4) is 0 Å². The molecule has 2 amide bonds. The summed E-state index contributed by atoms with van der Waals surface area (Å²) in [6.07, 6.45) is 0. The average molecular weight is 471 g/mol. The highest BCUT2D eigenvalue weighted by molar-refractivity contribution is 8.00. The van der Waals surface area contributed by atoms with E-state index in [0.29, 0.717) is 27.0 Å². The third kappa shape index (κ3) is 4.74. The highest BCUT2D eigenvalue weighted by Crippen LogP contribution is 2.42. The number of anilines is 2. The quantitative estimate of drug-likeness (QED) is 0.464. The third-order valence-electron chi connectivity index (χ3n) is 4.96. The van der Waals surface area contributed by atoms with Crippen molar-refractivity contribution in [1.82, 2.24) is 0 Å². The number of nitrogens with zero attached hydrogens (tertiary/aromatic N) is 1. The van der Waals surface area contributed by atoms with E-state index < -0.39 is 0 Å². The molecular weight excluding hydrogens is 451 g/mol. The minimum atomic E-state index is -0.319. The van der Waals surface area contributed by atoms with Crippen LogP contribution in [0.1, 0.15) is 32.4 Å². The smallest absolute Gasteiger partial charge is 0.257 e. The molecule has 0 radical (unpaired) electrons. The van der Waals surface area contributed by atoms with Gasteiger partial charge in [0.2, 0.25) is 5.91 Å². The molecule has 1 atom stereocenters. The fourth-order valence-electron chi connectivity index (χ4n) is 3.68. The molecule has 1 saturated heterocycles. The van der Waals surface area contributed by atoms with Gasteiger partial charge in [0.05, 0.1) is 16.3 Å². The van der Waals surface area contributed by atoms with Crippen LogP contribution in [0.25, 0.3) is 0 Å². The highest BCUT2D eigenvalue weighted by Gasteiger charge is 2.34. The third-order valence-corrected chi connectivity index (χ3v) is 6.72. The highest BCUT2D eigenvalue weighted by atomic mass is 35.5. The molecule has 1 heterocycles. The number of benzene rings is 3. The molecule has 0 spiro atoms. The largest absolute Gasteiger partial charge is 0.322 e. The van der Waals surface area contributed by atoms with Gasteiger partial charge in [-0.1, -0.05) is 41.4 Å². The number of carbonyl (C=O) groups excluding carboxylic acids is 2. The van der Waals surface area contributed by atoms with Crippen LogP contribution in [0.5, 0.6) is 0 Å². The first-order valence-corrected chi connectivity index (χ1v) is 11.5. The molecule has 158 valence electrons. The fourth-order valence-corrected chi connectivity index (χ4v) is 5.34. The van der Waals surface area contributed by atoms with E-state index >= 15 is 0 Å². The lowest BCUT2D eigenvalue weighted by atomic mass is 10.1. The predicted octanol–water partition coefficient (Wildman–Crippen LogP) is 6.64. The van der Waals surface area contributed by atoms with Crippen LogP contribution in [0.2, 0.25) is 10.0 Å². The Bertz CT molecular complexity index is 1160. The van der Waals surface area contributed by atoms with Gasteiger partial charge in [0.15, 0.2) is 0 Å². The number of aryl methyl sites for hydroxylation is 2. The van der Waals surface area contributed by atoms with Crippen molar-refractivity contribution in [2.75, 3.05) is 16.0 Å². The van der Waals surface area contributed by atoms with E-state index in [1.807, 2.05) is 55.1 Å². The summed E-state index contributed by atoms with van der Waals surface area (Å²) in [5.41, 5.74) is 5.03. The molecule has 4 rings (SSSR count). The second kappa shape index (κ2) is 8.95. The van der Waals surface area contributed by atoms with Crippen LogP contribution < -0.4 is 10.2 Å². The molecule has 0 aromatic heterocycles. The zero-order valence-electron chi connectivity index (χ0n) is 17.0. The van der Waals surface area contributed by atoms with Gasteiger partial charge in [-0.15, -0.1) is 11.8 Å². The zero-order valence-corrected chi connectivity index (χ0v) is 19.3. The van der Waals surface area contributed by atoms with Crippen molar-refractivity contribution in [2.45, 2.75) is 19.2 Å². The molecule has 1 aliphatic rings. The average Bonchev–Trinajstić information content (AvgIpc) is 3.09. The van der Waals surface area contributed by atoms with Gasteiger partial charge in [-0.2, -0.15) is 0 Å². The van der Waals surface area contributed by atoms with E-state index in [1.165, 1.54) is 6.07 Å². The molecule has 4 nitrogen and oxygen atoms in total. The Kier molecular flexibility index (Phi) is 6.28. The van der Waals surface area contributed by atoms with Gasteiger partial charge in [-0.05, 0) is 73.0 Å². The Labute approximate surface area is 195 Å². The van der Waals surface area contributed by atoms with Crippen LogP contribution in [0.4, 0.5) is 11.4 Å². The van der Waals surface area contributed by atoms with Gasteiger partial charge < -0.3 is 5.32 Å². The standard InChI is InChI=1S/C24H20Cl2N2O2S/c1-14-8-15(2)10-19(9-14)28-22(29)13-31-24(28)16-4-3-5-18(11-16)27-23(30)20-7-6-17(25)12-21(20)26/h3-12,24H,13H2,1-2H3,(H,27,30)/t24-/m1/s1. The maximum absolute atomic E-state index is 12.7. The van der Waals surface area contributed by atoms with Crippen molar-refractivity contribution in [1.29, 1.82) is 0 Å². The first kappa shape index (κ1) is 21.8. The van der Waals surface area contributed by atoms with Crippen LogP contribution in [0, 0.1) is 13.8 Å². The molecule has 3 aromatic carbocycles. The topological polar surface area (TPSA) is 49.4 Å². The molecule has 1 aliphatic heterocycles. The van der Waals surface area contributed by atoms with E-state index in [2.05, 4.69) is 11.4 Å². The van der Waals surface area contributed by atoms with E-state index in [0.717, 1.165) is 22.4 Å². The van der Waals surface area contributed by atoms with Crippen molar-refractivity contribution in [3.05, 3.63) is 93.0 Å². The SMILES string of the molecule is Cc1cc(C)cc(N2C(=O)CS[C@@H]2c2cccc(NC(=O)c3ccc(Cl)cc3Cl)c2)c1. The van der Waals surface area contributed by atoms with Crippen LogP contribution >= 0.6 is 35.0 Å². The molecule has 3 aromatic rings. The molecule has 31 heavy (non-hydrogen) atoms. The number of amides is 2. The van der Waals surface area contributed by atoms with Crippen LogP contribution in [-0.2, 0) is 4.79 Å². The van der Waals surface area contributed by atoms with E-state index in [1.54, 1.807) is 23.9 Å². The molecular formula is C24H20Cl2N2O2S. The fraction of sp³-hybridized carbons (Fsp3) is 0.167. The summed E-state index contributed by atoms with van der Waals surface area (Å²) in [6, 6.07) is 18.4. The maximum atomic E-state index is 12.7. The van der Waals surface area contributed by atoms with Crippen molar-refractivity contribution in [3.63, 3.8) is 0 Å². The Morgan fingerprint density at radius 1 is 1.03 bits per heavy atom. The lowest BCUT2D eigenvalue weighted by Gasteiger charge is -2.25.